The van der Waals surface area contributed by atoms with Crippen LogP contribution < -0.4 is 10.5 Å². The van der Waals surface area contributed by atoms with E-state index in [0.717, 1.165) is 0 Å². The van der Waals surface area contributed by atoms with Gasteiger partial charge in [0.2, 0.25) is 5.78 Å². The van der Waals surface area contributed by atoms with E-state index in [9.17, 15) is 34.8 Å². The molecule has 0 unspecified atom stereocenters. The fraction of sp³-hybridized carbons (Fsp3) is 0.387. The minimum absolute atomic E-state index is 0.0268. The van der Waals surface area contributed by atoms with E-state index in [2.05, 4.69) is 10.4 Å². The summed E-state index contributed by atoms with van der Waals surface area (Å²) < 4.78 is 5.38. The Labute approximate surface area is 252 Å². The van der Waals surface area contributed by atoms with E-state index >= 15 is 0 Å². The van der Waals surface area contributed by atoms with Crippen LogP contribution in [0.1, 0.15) is 31.4 Å². The minimum Gasteiger partial charge on any atom is -0.508 e. The van der Waals surface area contributed by atoms with E-state index in [-0.39, 0.29) is 29.7 Å². The van der Waals surface area contributed by atoms with E-state index in [1.54, 1.807) is 45.3 Å². The molecule has 0 aromatic heterocycles. The maximum absolute atomic E-state index is 14.4. The molecule has 0 bridgehead atoms. The lowest BCUT2D eigenvalue weighted by molar-refractivity contribution is -0.175. The number of primary amides is 1. The molecule has 1 saturated carbocycles. The standard InChI is InChI=1S/C31H34N4O9/c1-29-12-16-15(14-7-10-19(43-5)17(11-14)33-34-44-6)8-9-18(36)20(16)23(37)22(29)27(40)31(42)26(39)21(28(32)41)24(38)25(35(3)4)30(31,2)13-29/h7-11,25,36-37,39,42H,12-13H2,1-6H3,(H2,32,41)/t25-,29+,30+,31-/m1/s1. The number of benzene rings is 2. The normalized spacial score (nSPS) is 28.2. The van der Waals surface area contributed by atoms with Crippen LogP contribution in [0.5, 0.6) is 11.5 Å². The molecule has 2 aromatic carbocycles. The number of amides is 1. The number of carbonyl (C=O) groups is 3. The highest BCUT2D eigenvalue weighted by atomic mass is 16.6. The number of Topliss-reactive ketones (excluding diaryl/α,β-unsaturated/α-hetero) is 2. The van der Waals surface area contributed by atoms with Gasteiger partial charge in [-0.05, 0) is 61.8 Å². The number of nitrogens with two attached hydrogens (primary N) is 1. The van der Waals surface area contributed by atoms with Crippen molar-refractivity contribution in [2.24, 2.45) is 27.0 Å². The summed E-state index contributed by atoms with van der Waals surface area (Å²) >= 11 is 0. The Kier molecular flexibility index (Phi) is 7.09. The summed E-state index contributed by atoms with van der Waals surface area (Å²) in [6.45, 7) is 3.21. The number of ketones is 2. The van der Waals surface area contributed by atoms with Crippen LogP contribution in [0.25, 0.3) is 16.9 Å². The third-order valence-electron chi connectivity index (χ3n) is 9.24. The van der Waals surface area contributed by atoms with Crippen LogP contribution in [0, 0.1) is 10.8 Å². The number of methoxy groups -OCH3 is 1. The lowest BCUT2D eigenvalue weighted by Crippen LogP contribution is -2.72. The van der Waals surface area contributed by atoms with Crippen molar-refractivity contribution in [1.82, 2.24) is 4.90 Å². The van der Waals surface area contributed by atoms with E-state index < -0.39 is 57.0 Å². The van der Waals surface area contributed by atoms with Crippen LogP contribution in [0.15, 0.2) is 57.6 Å². The zero-order valence-corrected chi connectivity index (χ0v) is 25.1. The van der Waals surface area contributed by atoms with Crippen molar-refractivity contribution in [3.63, 3.8) is 0 Å². The number of ether oxygens (including phenoxy) is 1. The molecule has 1 fully saturated rings. The van der Waals surface area contributed by atoms with Gasteiger partial charge in [-0.25, -0.2) is 0 Å². The number of hydrogen-bond donors (Lipinski definition) is 5. The van der Waals surface area contributed by atoms with Crippen LogP contribution in [-0.4, -0.2) is 82.8 Å². The molecule has 0 radical (unpaired) electrons. The summed E-state index contributed by atoms with van der Waals surface area (Å²) in [7, 11) is 5.94. The summed E-state index contributed by atoms with van der Waals surface area (Å²) in [6, 6.07) is 6.92. The van der Waals surface area contributed by atoms with E-state index in [1.165, 1.54) is 32.1 Å². The second kappa shape index (κ2) is 10.2. The van der Waals surface area contributed by atoms with Crippen molar-refractivity contribution in [3.05, 3.63) is 58.4 Å². The number of aliphatic hydroxyl groups is 3. The highest BCUT2D eigenvalue weighted by molar-refractivity contribution is 6.25. The molecule has 3 aliphatic carbocycles. The van der Waals surface area contributed by atoms with Gasteiger partial charge >= 0.3 is 0 Å². The molecule has 6 N–H and O–H groups in total. The highest BCUT2D eigenvalue weighted by Crippen LogP contribution is 2.63. The lowest BCUT2D eigenvalue weighted by atomic mass is 9.46. The molecule has 1 amide bonds. The third-order valence-corrected chi connectivity index (χ3v) is 9.24. The Bertz CT molecular complexity index is 1730. The maximum Gasteiger partial charge on any atom is 0.255 e. The second-order valence-corrected chi connectivity index (χ2v) is 12.1. The first-order valence-corrected chi connectivity index (χ1v) is 13.7. The topological polar surface area (TPSA) is 205 Å². The maximum atomic E-state index is 14.4. The molecule has 13 nitrogen and oxygen atoms in total. The molecule has 0 spiro atoms. The van der Waals surface area contributed by atoms with E-state index in [1.807, 2.05) is 0 Å². The zero-order valence-electron chi connectivity index (χ0n) is 25.1. The summed E-state index contributed by atoms with van der Waals surface area (Å²) in [5, 5.41) is 53.6. The molecule has 13 heteroatoms. The molecule has 3 aliphatic rings. The fourth-order valence-electron chi connectivity index (χ4n) is 7.61. The molecule has 0 heterocycles. The number of fused-ring (bicyclic) bond motifs is 3. The Morgan fingerprint density at radius 2 is 1.77 bits per heavy atom. The molecular weight excluding hydrogens is 572 g/mol. The average molecular weight is 607 g/mol. The third kappa shape index (κ3) is 3.95. The number of rotatable bonds is 6. The second-order valence-electron chi connectivity index (χ2n) is 12.1. The van der Waals surface area contributed by atoms with E-state index in [4.69, 9.17) is 15.3 Å². The first-order valence-electron chi connectivity index (χ1n) is 13.7. The number of carbonyl (C=O) groups excluding carboxylic acids is 3. The Hall–Kier alpha value is -4.75. The van der Waals surface area contributed by atoms with Gasteiger partial charge in [0.25, 0.3) is 5.91 Å². The number of hydrogen-bond acceptors (Lipinski definition) is 12. The molecule has 5 rings (SSSR count). The molecule has 232 valence electrons. The quantitative estimate of drug-likeness (QED) is 0.185. The van der Waals surface area contributed by atoms with Crippen molar-refractivity contribution in [1.29, 1.82) is 0 Å². The van der Waals surface area contributed by atoms with Gasteiger partial charge < -0.3 is 35.7 Å². The van der Waals surface area contributed by atoms with Gasteiger partial charge in [-0.2, -0.15) is 0 Å². The number of nitrogens with zero attached hydrogens (tertiary/aromatic N) is 3. The zero-order chi connectivity index (χ0) is 32.5. The molecule has 0 saturated heterocycles. The average Bonchev–Trinajstić information content (AvgIpc) is 2.93. The largest absolute Gasteiger partial charge is 0.508 e. The van der Waals surface area contributed by atoms with Gasteiger partial charge in [0, 0.05) is 21.7 Å². The number of phenols is 1. The number of likely N-dealkylation sites (N-methyl/N-ethyl adjacent to an activating group) is 1. The predicted octanol–water partition coefficient (Wildman–Crippen LogP) is 3.06. The lowest BCUT2D eigenvalue weighted by Gasteiger charge is -2.59. The summed E-state index contributed by atoms with van der Waals surface area (Å²) in [4.78, 5) is 46.5. The van der Waals surface area contributed by atoms with Crippen molar-refractivity contribution in [3.8, 4) is 22.6 Å². The molecule has 44 heavy (non-hydrogen) atoms. The fourth-order valence-corrected chi connectivity index (χ4v) is 7.61. The van der Waals surface area contributed by atoms with Gasteiger partial charge in [0.05, 0.1) is 18.7 Å². The van der Waals surface area contributed by atoms with Crippen molar-refractivity contribution in [2.45, 2.75) is 38.3 Å². The smallest absolute Gasteiger partial charge is 0.255 e. The molecule has 0 aliphatic heterocycles. The highest BCUT2D eigenvalue weighted by Gasteiger charge is 2.72. The van der Waals surface area contributed by atoms with Crippen LogP contribution in [-0.2, 0) is 25.6 Å². The van der Waals surface area contributed by atoms with Gasteiger partial charge in [0.15, 0.2) is 11.4 Å². The summed E-state index contributed by atoms with van der Waals surface area (Å²) in [5.41, 5.74) is 0.698. The Morgan fingerprint density at radius 3 is 2.36 bits per heavy atom. The van der Waals surface area contributed by atoms with Gasteiger partial charge in [-0.15, -0.1) is 5.11 Å². The van der Waals surface area contributed by atoms with Crippen molar-refractivity contribution >= 4 is 28.9 Å². The number of aromatic hydroxyl groups is 1. The first kappa shape index (κ1) is 30.7. The van der Waals surface area contributed by atoms with Crippen molar-refractivity contribution < 1.29 is 44.4 Å². The SMILES string of the molecule is CON=Nc1cc(-c2ccc(O)c3c2C[C@@]2(C)C[C@@]4(C)[C@H](N(C)C)C(=O)C(C(N)=O)=C(O)[C@@]4(O)C(=O)C2=C3O)ccc1OC. The van der Waals surface area contributed by atoms with Crippen LogP contribution in [0.4, 0.5) is 5.69 Å². The van der Waals surface area contributed by atoms with Crippen LogP contribution in [0.2, 0.25) is 0 Å². The van der Waals surface area contributed by atoms with Gasteiger partial charge in [-0.1, -0.05) is 26.0 Å². The number of phenolic OH excluding ortho intramolecular Hbond substituents is 1. The monoisotopic (exact) mass is 606 g/mol. The number of aliphatic hydroxyl groups excluding tert-OH is 2. The minimum atomic E-state index is -2.79. The Morgan fingerprint density at radius 1 is 1.09 bits per heavy atom. The van der Waals surface area contributed by atoms with Gasteiger partial charge in [0.1, 0.15) is 41.4 Å². The van der Waals surface area contributed by atoms with Crippen LogP contribution in [0.3, 0.4) is 0 Å². The van der Waals surface area contributed by atoms with Crippen LogP contribution >= 0.6 is 0 Å². The Balaban J connectivity index is 1.79. The molecule has 4 atom stereocenters. The van der Waals surface area contributed by atoms with Crippen molar-refractivity contribution in [2.75, 3.05) is 28.3 Å². The first-order chi connectivity index (χ1) is 20.6. The van der Waals surface area contributed by atoms with E-state index in [0.29, 0.717) is 28.1 Å². The summed E-state index contributed by atoms with van der Waals surface area (Å²) in [6.07, 6.45) is 0.00207. The predicted molar refractivity (Wildman–Crippen MR) is 157 cm³/mol. The van der Waals surface area contributed by atoms with Gasteiger partial charge in [-0.3, -0.25) is 19.3 Å². The molecular formula is C31H34N4O9. The summed E-state index contributed by atoms with van der Waals surface area (Å²) in [5.74, 6) is -4.86. The molecule has 2 aromatic rings.